The van der Waals surface area contributed by atoms with E-state index in [1.54, 1.807) is 0 Å². The van der Waals surface area contributed by atoms with Crippen LogP contribution in [0, 0.1) is 6.92 Å². The molecule has 0 bridgehead atoms. The molecule has 0 aromatic heterocycles. The Labute approximate surface area is 134 Å². The molecule has 0 aliphatic heterocycles. The molecule has 0 unspecified atom stereocenters. The molecule has 0 saturated carbocycles. The maximum atomic E-state index is 3.51. The standard InChI is InChI=1S/C18H25N2.ClH/c1-16-8-7-11-18(14-16)19-12-13-20(2,3)15-17-9-5-4-6-10-17;/h4-11,14,19H,12-13,15H2,1-3H3;1H/q+1;/p-1. The highest BCUT2D eigenvalue weighted by molar-refractivity contribution is 5.45. The summed E-state index contributed by atoms with van der Waals surface area (Å²) < 4.78 is 0.989. The monoisotopic (exact) mass is 304 g/mol. The summed E-state index contributed by atoms with van der Waals surface area (Å²) in [6.45, 7) is 5.28. The van der Waals surface area contributed by atoms with Gasteiger partial charge in [-0.1, -0.05) is 42.5 Å². The van der Waals surface area contributed by atoms with Crippen molar-refractivity contribution in [3.05, 3.63) is 65.7 Å². The molecule has 0 aliphatic carbocycles. The summed E-state index contributed by atoms with van der Waals surface area (Å²) in [6.07, 6.45) is 0. The van der Waals surface area contributed by atoms with Crippen LogP contribution >= 0.6 is 0 Å². The molecule has 1 N–H and O–H groups in total. The number of hydrogen-bond donors (Lipinski definition) is 1. The predicted octanol–water partition coefficient (Wildman–Crippen LogP) is 0.688. The van der Waals surface area contributed by atoms with Crippen LogP contribution in [0.2, 0.25) is 0 Å². The molecule has 0 fully saturated rings. The molecule has 21 heavy (non-hydrogen) atoms. The SMILES string of the molecule is Cc1cccc(NCC[N+](C)(C)Cc2ccccc2)c1.[Cl-]. The van der Waals surface area contributed by atoms with Gasteiger partial charge in [-0.3, -0.25) is 0 Å². The third kappa shape index (κ3) is 6.19. The van der Waals surface area contributed by atoms with Gasteiger partial charge in [-0.25, -0.2) is 0 Å². The van der Waals surface area contributed by atoms with Gasteiger partial charge >= 0.3 is 0 Å². The van der Waals surface area contributed by atoms with E-state index >= 15 is 0 Å². The number of likely N-dealkylation sites (N-methyl/N-ethyl adjacent to an activating group) is 1. The van der Waals surface area contributed by atoms with Gasteiger partial charge < -0.3 is 22.2 Å². The molecule has 0 aliphatic rings. The Balaban J connectivity index is 0.00000220. The minimum Gasteiger partial charge on any atom is -1.00 e. The van der Waals surface area contributed by atoms with E-state index in [1.165, 1.54) is 16.8 Å². The molecule has 2 aromatic rings. The van der Waals surface area contributed by atoms with Gasteiger partial charge in [0.2, 0.25) is 0 Å². The highest BCUT2D eigenvalue weighted by Gasteiger charge is 2.14. The highest BCUT2D eigenvalue weighted by Crippen LogP contribution is 2.11. The minimum absolute atomic E-state index is 0. The largest absolute Gasteiger partial charge is 1.00 e. The van der Waals surface area contributed by atoms with Gasteiger partial charge in [0.05, 0.1) is 27.2 Å². The Bertz CT molecular complexity index is 538. The number of nitrogens with one attached hydrogen (secondary N) is 1. The molecule has 0 heterocycles. The molecule has 0 spiro atoms. The third-order valence-corrected chi connectivity index (χ3v) is 3.52. The summed E-state index contributed by atoms with van der Waals surface area (Å²) in [7, 11) is 4.57. The average molecular weight is 305 g/mol. The van der Waals surface area contributed by atoms with Crippen molar-refractivity contribution in [3.63, 3.8) is 0 Å². The first kappa shape index (κ1) is 17.5. The zero-order valence-corrected chi connectivity index (χ0v) is 13.9. The van der Waals surface area contributed by atoms with Crippen LogP contribution < -0.4 is 17.7 Å². The lowest BCUT2D eigenvalue weighted by Gasteiger charge is -2.30. The van der Waals surface area contributed by atoms with Crippen molar-refractivity contribution in [1.82, 2.24) is 0 Å². The lowest BCUT2D eigenvalue weighted by Crippen LogP contribution is -3.00. The second kappa shape index (κ2) is 8.06. The molecular formula is C18H25ClN2. The first-order valence-corrected chi connectivity index (χ1v) is 7.22. The van der Waals surface area contributed by atoms with Crippen LogP contribution in [0.4, 0.5) is 5.69 Å². The predicted molar refractivity (Wildman–Crippen MR) is 86.8 cm³/mol. The van der Waals surface area contributed by atoms with Crippen molar-refractivity contribution in [1.29, 1.82) is 0 Å². The number of anilines is 1. The number of aryl methyl sites for hydroxylation is 1. The van der Waals surface area contributed by atoms with Crippen LogP contribution in [0.25, 0.3) is 0 Å². The first-order valence-electron chi connectivity index (χ1n) is 7.22. The number of rotatable bonds is 6. The van der Waals surface area contributed by atoms with Crippen LogP contribution in [0.3, 0.4) is 0 Å². The number of hydrogen-bond acceptors (Lipinski definition) is 1. The molecule has 3 heteroatoms. The van der Waals surface area contributed by atoms with Crippen LogP contribution in [0.5, 0.6) is 0 Å². The van der Waals surface area contributed by atoms with Crippen molar-refractivity contribution in [2.24, 2.45) is 0 Å². The van der Waals surface area contributed by atoms with Gasteiger partial charge in [0.1, 0.15) is 6.54 Å². The maximum Gasteiger partial charge on any atom is 0.104 e. The molecule has 0 saturated heterocycles. The van der Waals surface area contributed by atoms with Crippen LogP contribution in [-0.4, -0.2) is 31.7 Å². The normalized spacial score (nSPS) is 10.8. The fourth-order valence-corrected chi connectivity index (χ4v) is 2.41. The van der Waals surface area contributed by atoms with Crippen LogP contribution in [0.15, 0.2) is 54.6 Å². The molecule has 2 aromatic carbocycles. The highest BCUT2D eigenvalue weighted by atomic mass is 35.5. The zero-order valence-electron chi connectivity index (χ0n) is 13.1. The number of nitrogens with zero attached hydrogens (tertiary/aromatic N) is 1. The smallest absolute Gasteiger partial charge is 0.104 e. The molecule has 2 rings (SSSR count). The molecule has 2 nitrogen and oxygen atoms in total. The maximum absolute atomic E-state index is 3.51. The Morgan fingerprint density at radius 3 is 2.33 bits per heavy atom. The van der Waals surface area contributed by atoms with E-state index in [4.69, 9.17) is 0 Å². The second-order valence-corrected chi connectivity index (χ2v) is 6.10. The lowest BCUT2D eigenvalue weighted by atomic mass is 10.2. The van der Waals surface area contributed by atoms with Crippen molar-refractivity contribution < 1.29 is 16.9 Å². The second-order valence-electron chi connectivity index (χ2n) is 6.10. The Morgan fingerprint density at radius 2 is 1.67 bits per heavy atom. The van der Waals surface area contributed by atoms with Gasteiger partial charge in [0.25, 0.3) is 0 Å². The molecule has 0 atom stereocenters. The third-order valence-electron chi connectivity index (χ3n) is 3.52. The number of benzene rings is 2. The lowest BCUT2D eigenvalue weighted by molar-refractivity contribution is -0.902. The Hall–Kier alpha value is -1.51. The first-order chi connectivity index (χ1) is 9.55. The van der Waals surface area contributed by atoms with Crippen LogP contribution in [-0.2, 0) is 6.54 Å². The van der Waals surface area contributed by atoms with E-state index in [-0.39, 0.29) is 12.4 Å². The van der Waals surface area contributed by atoms with E-state index in [9.17, 15) is 0 Å². The number of halogens is 1. The summed E-state index contributed by atoms with van der Waals surface area (Å²) in [5, 5.41) is 3.51. The zero-order chi connectivity index (χ0) is 14.4. The Kier molecular flexibility index (Phi) is 6.73. The van der Waals surface area contributed by atoms with E-state index < -0.39 is 0 Å². The van der Waals surface area contributed by atoms with Gasteiger partial charge in [-0.2, -0.15) is 0 Å². The van der Waals surface area contributed by atoms with E-state index in [0.29, 0.717) is 0 Å². The van der Waals surface area contributed by atoms with Gasteiger partial charge in [-0.15, -0.1) is 0 Å². The summed E-state index contributed by atoms with van der Waals surface area (Å²) >= 11 is 0. The molecular weight excluding hydrogens is 280 g/mol. The summed E-state index contributed by atoms with van der Waals surface area (Å²) in [5.41, 5.74) is 3.91. The van der Waals surface area contributed by atoms with Crippen molar-refractivity contribution >= 4 is 5.69 Å². The van der Waals surface area contributed by atoms with Gasteiger partial charge in [0, 0.05) is 11.3 Å². The van der Waals surface area contributed by atoms with E-state index in [0.717, 1.165) is 24.1 Å². The summed E-state index contributed by atoms with van der Waals surface area (Å²) in [6, 6.07) is 19.2. The average Bonchev–Trinajstić information content (AvgIpc) is 2.39. The summed E-state index contributed by atoms with van der Waals surface area (Å²) in [4.78, 5) is 0. The van der Waals surface area contributed by atoms with Gasteiger partial charge in [0.15, 0.2) is 0 Å². The molecule has 0 amide bonds. The minimum atomic E-state index is 0. The molecule has 114 valence electrons. The summed E-state index contributed by atoms with van der Waals surface area (Å²) in [5.74, 6) is 0. The quantitative estimate of drug-likeness (QED) is 0.774. The van der Waals surface area contributed by atoms with E-state index in [2.05, 4.69) is 80.9 Å². The number of quaternary nitrogens is 1. The fourth-order valence-electron chi connectivity index (χ4n) is 2.41. The van der Waals surface area contributed by atoms with E-state index in [1.807, 2.05) is 0 Å². The van der Waals surface area contributed by atoms with Crippen LogP contribution in [0.1, 0.15) is 11.1 Å². The Morgan fingerprint density at radius 1 is 0.952 bits per heavy atom. The van der Waals surface area contributed by atoms with Gasteiger partial charge in [-0.05, 0) is 24.6 Å². The van der Waals surface area contributed by atoms with Crippen molar-refractivity contribution in [3.8, 4) is 0 Å². The topological polar surface area (TPSA) is 12.0 Å². The molecule has 0 radical (unpaired) electrons. The van der Waals surface area contributed by atoms with Crippen molar-refractivity contribution in [2.45, 2.75) is 13.5 Å². The fraction of sp³-hybridized carbons (Fsp3) is 0.333. The van der Waals surface area contributed by atoms with Crippen molar-refractivity contribution in [2.75, 3.05) is 32.5 Å².